The van der Waals surface area contributed by atoms with Gasteiger partial charge in [-0.2, -0.15) is 0 Å². The van der Waals surface area contributed by atoms with Crippen molar-refractivity contribution in [2.24, 2.45) is 5.92 Å². The predicted molar refractivity (Wildman–Crippen MR) is 158 cm³/mol. The molecular weight excluding hydrogens is 570 g/mol. The summed E-state index contributed by atoms with van der Waals surface area (Å²) >= 11 is 0. The average molecular weight is 606 g/mol. The number of rotatable bonds is 10. The second-order valence-electron chi connectivity index (χ2n) is 11.6. The molecule has 12 heteroatoms. The number of aromatic nitrogens is 2. The van der Waals surface area contributed by atoms with E-state index in [1.807, 2.05) is 20.8 Å². The van der Waals surface area contributed by atoms with Crippen molar-refractivity contribution in [3.8, 4) is 17.1 Å². The van der Waals surface area contributed by atoms with E-state index in [-0.39, 0.29) is 55.2 Å². The van der Waals surface area contributed by atoms with Gasteiger partial charge in [-0.15, -0.1) is 0 Å². The van der Waals surface area contributed by atoms with Crippen LogP contribution in [0.2, 0.25) is 0 Å². The number of ether oxygens (including phenoxy) is 2. The van der Waals surface area contributed by atoms with Crippen LogP contribution in [0, 0.1) is 5.92 Å². The van der Waals surface area contributed by atoms with Crippen LogP contribution in [-0.4, -0.2) is 49.6 Å². The number of esters is 2. The van der Waals surface area contributed by atoms with Crippen LogP contribution in [0.4, 0.5) is 0 Å². The van der Waals surface area contributed by atoms with Gasteiger partial charge in [-0.3, -0.25) is 14.4 Å². The number of cyclic esters (lactones) is 1. The van der Waals surface area contributed by atoms with Gasteiger partial charge in [0, 0.05) is 22.9 Å². The number of aliphatic carboxylic acids is 1. The number of phenols is 1. The van der Waals surface area contributed by atoms with E-state index >= 15 is 0 Å². The molecule has 0 spiro atoms. The van der Waals surface area contributed by atoms with Crippen LogP contribution in [-0.2, 0) is 53.8 Å². The van der Waals surface area contributed by atoms with Gasteiger partial charge in [0.05, 0.1) is 35.4 Å². The van der Waals surface area contributed by atoms with Gasteiger partial charge in [0.15, 0.2) is 0 Å². The summed E-state index contributed by atoms with van der Waals surface area (Å²) in [6.45, 7) is 7.23. The number of phenolic OH excluding ortho intramolecular Hbond substituents is 1. The summed E-state index contributed by atoms with van der Waals surface area (Å²) in [5, 5.41) is 22.7. The normalized spacial score (nSPS) is 17.4. The molecular formula is C32H35N3O9. The Morgan fingerprint density at radius 1 is 1.14 bits per heavy atom. The fourth-order valence-electron chi connectivity index (χ4n) is 6.13. The number of carbonyl (C=O) groups is 4. The Labute approximate surface area is 253 Å². The lowest BCUT2D eigenvalue weighted by molar-refractivity contribution is -0.189. The molecule has 1 aromatic carbocycles. The van der Waals surface area contributed by atoms with E-state index in [0.29, 0.717) is 23.3 Å². The Morgan fingerprint density at radius 3 is 2.55 bits per heavy atom. The molecule has 12 nitrogen and oxygen atoms in total. The van der Waals surface area contributed by atoms with Crippen LogP contribution in [0.1, 0.15) is 75.6 Å². The fraction of sp³-hybridized carbons (Fsp3) is 0.438. The van der Waals surface area contributed by atoms with Gasteiger partial charge in [-0.25, -0.2) is 14.6 Å². The topological polar surface area (TPSA) is 174 Å². The van der Waals surface area contributed by atoms with Gasteiger partial charge >= 0.3 is 17.9 Å². The highest BCUT2D eigenvalue weighted by atomic mass is 16.6. The van der Waals surface area contributed by atoms with Crippen LogP contribution >= 0.6 is 0 Å². The Kier molecular flexibility index (Phi) is 8.19. The second-order valence-corrected chi connectivity index (χ2v) is 11.6. The maximum atomic E-state index is 13.8. The van der Waals surface area contributed by atoms with E-state index in [1.54, 1.807) is 35.8 Å². The number of hydrogen-bond acceptors (Lipinski definition) is 9. The maximum Gasteiger partial charge on any atom is 0.355 e. The number of benzene rings is 1. The third-order valence-electron chi connectivity index (χ3n) is 8.30. The molecule has 232 valence electrons. The standard InChI is InChI=1S/C32H35N3O9/c1-5-18-19-12-17(36)7-8-23(19)34-28-20(18)14-35-25(28)13-22-21(29(35)39)15-43-31(42)32(22,6-2)44-27(38)10-9-26(37)33-24(30(40)41)11-16(3)4/h7-8,12-13,16,24,36H,5-6,9-11,14-15H2,1-4H3,(H,33,37)(H,40,41)/t24-,32+/m1/s1. The van der Waals surface area contributed by atoms with E-state index in [1.165, 1.54) is 0 Å². The van der Waals surface area contributed by atoms with Crippen molar-refractivity contribution in [2.75, 3.05) is 0 Å². The smallest absolute Gasteiger partial charge is 0.355 e. The highest BCUT2D eigenvalue weighted by Crippen LogP contribution is 2.42. The first kappa shape index (κ1) is 30.7. The van der Waals surface area contributed by atoms with Gasteiger partial charge in [-0.05, 0) is 55.0 Å². The molecule has 3 N–H and O–H groups in total. The quantitative estimate of drug-likeness (QED) is 0.228. The van der Waals surface area contributed by atoms with Gasteiger partial charge in [0.25, 0.3) is 5.56 Å². The summed E-state index contributed by atoms with van der Waals surface area (Å²) < 4.78 is 12.7. The molecule has 0 bridgehead atoms. The van der Waals surface area contributed by atoms with Crippen molar-refractivity contribution >= 4 is 34.7 Å². The highest BCUT2D eigenvalue weighted by molar-refractivity contribution is 5.91. The Morgan fingerprint density at radius 2 is 1.89 bits per heavy atom. The zero-order valence-corrected chi connectivity index (χ0v) is 25.1. The van der Waals surface area contributed by atoms with Crippen molar-refractivity contribution in [1.29, 1.82) is 0 Å². The number of carboxylic acids is 1. The van der Waals surface area contributed by atoms with Crippen LogP contribution < -0.4 is 10.9 Å². The molecule has 0 saturated heterocycles. The highest BCUT2D eigenvalue weighted by Gasteiger charge is 2.50. The first-order valence-electron chi connectivity index (χ1n) is 14.7. The zero-order valence-electron chi connectivity index (χ0n) is 25.1. The van der Waals surface area contributed by atoms with E-state index in [0.717, 1.165) is 16.5 Å². The SMILES string of the molecule is CCc1c2c(nc3ccc(O)cc13)-c1cc3c(c(=O)n1C2)COC(=O)[C@@]3(CC)OC(=O)CCC(=O)N[C@H](CC(C)C)C(=O)O. The number of pyridine rings is 2. The second kappa shape index (κ2) is 11.7. The number of hydrogen-bond donors (Lipinski definition) is 3. The third kappa shape index (κ3) is 5.29. The monoisotopic (exact) mass is 605 g/mol. The van der Waals surface area contributed by atoms with Gasteiger partial charge < -0.3 is 29.6 Å². The first-order chi connectivity index (χ1) is 20.9. The summed E-state index contributed by atoms with van der Waals surface area (Å²) in [4.78, 5) is 69.0. The predicted octanol–water partition coefficient (Wildman–Crippen LogP) is 3.29. The molecule has 0 aliphatic carbocycles. The molecule has 2 aromatic heterocycles. The lowest BCUT2D eigenvalue weighted by Crippen LogP contribution is -2.47. The average Bonchev–Trinajstić information content (AvgIpc) is 3.34. The van der Waals surface area contributed by atoms with Crippen molar-refractivity contribution in [1.82, 2.24) is 14.9 Å². The van der Waals surface area contributed by atoms with Gasteiger partial charge in [-0.1, -0.05) is 27.7 Å². The summed E-state index contributed by atoms with van der Waals surface area (Å²) in [7, 11) is 0. The molecule has 0 saturated carbocycles. The number of nitrogens with zero attached hydrogens (tertiary/aromatic N) is 2. The molecule has 44 heavy (non-hydrogen) atoms. The van der Waals surface area contributed by atoms with Crippen molar-refractivity contribution < 1.29 is 38.9 Å². The van der Waals surface area contributed by atoms with Crippen LogP contribution in [0.15, 0.2) is 29.1 Å². The summed E-state index contributed by atoms with van der Waals surface area (Å²) in [6, 6.07) is 5.47. The van der Waals surface area contributed by atoms with Crippen LogP contribution in [0.25, 0.3) is 22.3 Å². The molecule has 0 fully saturated rings. The molecule has 2 aliphatic heterocycles. The summed E-state index contributed by atoms with van der Waals surface area (Å²) in [6.07, 6.45) is 0.0470. The fourth-order valence-corrected chi connectivity index (χ4v) is 6.13. The number of carboxylic acid groups (broad SMARTS) is 1. The van der Waals surface area contributed by atoms with Crippen molar-refractivity contribution in [3.63, 3.8) is 0 Å². The van der Waals surface area contributed by atoms with Crippen LogP contribution in [0.5, 0.6) is 5.75 Å². The van der Waals surface area contributed by atoms with Crippen molar-refractivity contribution in [3.05, 3.63) is 56.9 Å². The van der Waals surface area contributed by atoms with E-state index in [9.17, 15) is 34.2 Å². The van der Waals surface area contributed by atoms with Gasteiger partial charge in [0.2, 0.25) is 11.5 Å². The molecule has 2 aliphatic rings. The van der Waals surface area contributed by atoms with E-state index in [2.05, 4.69) is 5.32 Å². The number of fused-ring (bicyclic) bond motifs is 5. The number of aryl methyl sites for hydroxylation is 1. The first-order valence-corrected chi connectivity index (χ1v) is 14.7. The number of amides is 1. The lowest BCUT2D eigenvalue weighted by atomic mass is 9.85. The minimum atomic E-state index is -1.92. The Bertz CT molecular complexity index is 1760. The zero-order chi connectivity index (χ0) is 31.9. The molecule has 4 heterocycles. The largest absolute Gasteiger partial charge is 0.508 e. The maximum absolute atomic E-state index is 13.8. The lowest BCUT2D eigenvalue weighted by Gasteiger charge is -2.35. The molecule has 0 unspecified atom stereocenters. The van der Waals surface area contributed by atoms with Crippen molar-refractivity contribution in [2.45, 2.75) is 84.6 Å². The van der Waals surface area contributed by atoms with E-state index in [4.69, 9.17) is 14.5 Å². The molecule has 3 aromatic rings. The summed E-state index contributed by atoms with van der Waals surface area (Å²) in [5.41, 5.74) is 1.55. The third-order valence-corrected chi connectivity index (χ3v) is 8.30. The summed E-state index contributed by atoms with van der Waals surface area (Å²) in [5.74, 6) is -3.38. The van der Waals surface area contributed by atoms with Crippen LogP contribution in [0.3, 0.4) is 0 Å². The number of aromatic hydroxyl groups is 1. The minimum Gasteiger partial charge on any atom is -0.508 e. The molecule has 5 rings (SSSR count). The van der Waals surface area contributed by atoms with E-state index < -0.39 is 47.4 Å². The molecule has 1 amide bonds. The number of nitrogens with one attached hydrogen (secondary N) is 1. The number of carbonyl (C=O) groups excluding carboxylic acids is 3. The Balaban J connectivity index is 1.47. The van der Waals surface area contributed by atoms with Gasteiger partial charge in [0.1, 0.15) is 18.4 Å². The molecule has 2 atom stereocenters. The minimum absolute atomic E-state index is 0.0246. The Hall–Kier alpha value is -4.74. The molecule has 0 radical (unpaired) electrons.